The third-order valence-corrected chi connectivity index (χ3v) is 2.65. The smallest absolute Gasteiger partial charge is 0.341 e. The Bertz CT molecular complexity index is 653. The number of hydrogen-bond donors (Lipinski definition) is 2. The van der Waals surface area contributed by atoms with Crippen LogP contribution in [0.4, 0.5) is 5.82 Å². The van der Waals surface area contributed by atoms with Gasteiger partial charge in [0.25, 0.3) is 0 Å². The summed E-state index contributed by atoms with van der Waals surface area (Å²) in [5.74, 6) is -0.199. The van der Waals surface area contributed by atoms with Crippen LogP contribution in [0, 0.1) is 11.3 Å². The van der Waals surface area contributed by atoms with Gasteiger partial charge >= 0.3 is 5.97 Å². The Balaban J connectivity index is 2.39. The lowest BCUT2D eigenvalue weighted by molar-refractivity contribution is 0.0528. The minimum atomic E-state index is -0.459. The zero-order valence-corrected chi connectivity index (χ0v) is 10.4. The number of H-pyrrole nitrogens is 1. The van der Waals surface area contributed by atoms with E-state index in [9.17, 15) is 4.79 Å². The van der Waals surface area contributed by atoms with Crippen molar-refractivity contribution >= 4 is 11.8 Å². The van der Waals surface area contributed by atoms with E-state index in [1.165, 1.54) is 0 Å². The molecule has 0 saturated carbocycles. The fraction of sp³-hybridized carbons (Fsp3) is 0.143. The van der Waals surface area contributed by atoms with Gasteiger partial charge < -0.3 is 15.5 Å². The number of aromatic amines is 1. The van der Waals surface area contributed by atoms with Crippen molar-refractivity contribution in [3.8, 4) is 17.3 Å². The van der Waals surface area contributed by atoms with E-state index >= 15 is 0 Å². The number of rotatable bonds is 3. The minimum Gasteiger partial charge on any atom is -0.462 e. The molecule has 1 aromatic carbocycles. The third-order valence-electron chi connectivity index (χ3n) is 2.65. The fourth-order valence-electron chi connectivity index (χ4n) is 1.76. The highest BCUT2D eigenvalue weighted by Crippen LogP contribution is 2.24. The van der Waals surface area contributed by atoms with Gasteiger partial charge in [-0.1, -0.05) is 12.1 Å². The highest BCUT2D eigenvalue weighted by atomic mass is 16.5. The van der Waals surface area contributed by atoms with Gasteiger partial charge in [0.05, 0.1) is 18.2 Å². The van der Waals surface area contributed by atoms with Crippen LogP contribution in [0.25, 0.3) is 11.3 Å². The SMILES string of the molecule is CCOC(=O)c1cc(-c2cccc(C#N)c2)[nH]c1N. The first-order valence-corrected chi connectivity index (χ1v) is 5.82. The van der Waals surface area contributed by atoms with Gasteiger partial charge in [-0.15, -0.1) is 0 Å². The Labute approximate surface area is 110 Å². The Hall–Kier alpha value is -2.74. The van der Waals surface area contributed by atoms with E-state index in [1.54, 1.807) is 31.2 Å². The molecule has 0 atom stereocenters. The Kier molecular flexibility index (Phi) is 3.53. The van der Waals surface area contributed by atoms with Crippen LogP contribution in [0.5, 0.6) is 0 Å². The summed E-state index contributed by atoms with van der Waals surface area (Å²) in [6, 6.07) is 10.7. The molecule has 0 bridgehead atoms. The molecule has 0 fully saturated rings. The summed E-state index contributed by atoms with van der Waals surface area (Å²) in [7, 11) is 0. The zero-order valence-electron chi connectivity index (χ0n) is 10.4. The molecule has 0 aliphatic rings. The normalized spacial score (nSPS) is 9.89. The van der Waals surface area contributed by atoms with E-state index in [2.05, 4.69) is 11.1 Å². The predicted molar refractivity (Wildman–Crippen MR) is 71.3 cm³/mol. The Morgan fingerprint density at radius 2 is 2.26 bits per heavy atom. The molecule has 1 heterocycles. The lowest BCUT2D eigenvalue weighted by Crippen LogP contribution is -2.05. The van der Waals surface area contributed by atoms with Crippen molar-refractivity contribution in [1.29, 1.82) is 5.26 Å². The number of nitrogens with zero attached hydrogens (tertiary/aromatic N) is 1. The van der Waals surface area contributed by atoms with E-state index in [0.717, 1.165) is 5.56 Å². The lowest BCUT2D eigenvalue weighted by atomic mass is 10.1. The van der Waals surface area contributed by atoms with E-state index in [1.807, 2.05) is 6.07 Å². The number of benzene rings is 1. The molecule has 0 aliphatic heterocycles. The monoisotopic (exact) mass is 255 g/mol. The van der Waals surface area contributed by atoms with Gasteiger partial charge in [0.2, 0.25) is 0 Å². The Morgan fingerprint density at radius 1 is 1.47 bits per heavy atom. The van der Waals surface area contributed by atoms with Gasteiger partial charge in [-0.3, -0.25) is 0 Å². The lowest BCUT2D eigenvalue weighted by Gasteiger charge is -1.98. The van der Waals surface area contributed by atoms with E-state index in [4.69, 9.17) is 15.7 Å². The highest BCUT2D eigenvalue weighted by molar-refractivity contribution is 5.96. The average Bonchev–Trinajstić information content (AvgIpc) is 2.81. The van der Waals surface area contributed by atoms with E-state index in [-0.39, 0.29) is 5.82 Å². The number of esters is 1. The first-order valence-electron chi connectivity index (χ1n) is 5.82. The molecule has 19 heavy (non-hydrogen) atoms. The van der Waals surface area contributed by atoms with Gasteiger partial charge in [0.1, 0.15) is 11.4 Å². The minimum absolute atomic E-state index is 0.260. The molecule has 2 aromatic rings. The summed E-state index contributed by atoms with van der Waals surface area (Å²) < 4.78 is 4.91. The number of carbonyl (C=O) groups excluding carboxylic acids is 1. The number of nitrogens with two attached hydrogens (primary N) is 1. The number of hydrogen-bond acceptors (Lipinski definition) is 4. The molecule has 0 saturated heterocycles. The predicted octanol–water partition coefficient (Wildman–Crippen LogP) is 2.31. The molecule has 0 aliphatic carbocycles. The number of nitrogens with one attached hydrogen (secondary N) is 1. The van der Waals surface area contributed by atoms with Gasteiger partial charge in [-0.25, -0.2) is 4.79 Å². The summed E-state index contributed by atoms with van der Waals surface area (Å²) in [6.07, 6.45) is 0. The first kappa shape index (κ1) is 12.7. The van der Waals surface area contributed by atoms with Crippen molar-refractivity contribution in [2.45, 2.75) is 6.92 Å². The second-order valence-electron chi connectivity index (χ2n) is 3.92. The van der Waals surface area contributed by atoms with E-state index in [0.29, 0.717) is 23.4 Å². The number of nitriles is 1. The van der Waals surface area contributed by atoms with Crippen LogP contribution in [-0.2, 0) is 4.74 Å². The molecule has 5 heteroatoms. The van der Waals surface area contributed by atoms with Crippen LogP contribution in [0.2, 0.25) is 0 Å². The number of anilines is 1. The van der Waals surface area contributed by atoms with Crippen LogP contribution < -0.4 is 5.73 Å². The molecule has 5 nitrogen and oxygen atoms in total. The number of aromatic nitrogens is 1. The molecule has 0 amide bonds. The van der Waals surface area contributed by atoms with Crippen molar-refractivity contribution in [3.05, 3.63) is 41.5 Å². The maximum atomic E-state index is 11.7. The molecule has 1 aromatic heterocycles. The largest absolute Gasteiger partial charge is 0.462 e. The Morgan fingerprint density at radius 3 is 2.95 bits per heavy atom. The van der Waals surface area contributed by atoms with Gasteiger partial charge in [-0.2, -0.15) is 5.26 Å². The van der Waals surface area contributed by atoms with Crippen molar-refractivity contribution < 1.29 is 9.53 Å². The third kappa shape index (κ3) is 2.58. The standard InChI is InChI=1S/C14H13N3O2/c1-2-19-14(18)11-7-12(17-13(11)16)10-5-3-4-9(6-10)8-15/h3-7,17H,2,16H2,1H3. The van der Waals surface area contributed by atoms with Crippen molar-refractivity contribution in [2.24, 2.45) is 0 Å². The molecule has 3 N–H and O–H groups in total. The summed E-state index contributed by atoms with van der Waals surface area (Å²) in [4.78, 5) is 14.6. The van der Waals surface area contributed by atoms with Crippen molar-refractivity contribution in [2.75, 3.05) is 12.3 Å². The van der Waals surface area contributed by atoms with Crippen molar-refractivity contribution in [1.82, 2.24) is 4.98 Å². The van der Waals surface area contributed by atoms with E-state index < -0.39 is 5.97 Å². The topological polar surface area (TPSA) is 91.9 Å². The maximum absolute atomic E-state index is 11.7. The second-order valence-corrected chi connectivity index (χ2v) is 3.92. The molecule has 0 spiro atoms. The second kappa shape index (κ2) is 5.27. The van der Waals surface area contributed by atoms with Crippen LogP contribution >= 0.6 is 0 Å². The average molecular weight is 255 g/mol. The van der Waals surface area contributed by atoms with Crippen LogP contribution in [0.3, 0.4) is 0 Å². The molecule has 2 rings (SSSR count). The quantitative estimate of drug-likeness (QED) is 0.823. The molecule has 96 valence electrons. The maximum Gasteiger partial charge on any atom is 0.341 e. The van der Waals surface area contributed by atoms with Crippen LogP contribution in [-0.4, -0.2) is 17.6 Å². The summed E-state index contributed by atoms with van der Waals surface area (Å²) in [5, 5.41) is 8.87. The van der Waals surface area contributed by atoms with Gasteiger partial charge in [0.15, 0.2) is 0 Å². The van der Waals surface area contributed by atoms with Crippen LogP contribution in [0.15, 0.2) is 30.3 Å². The molecular formula is C14H13N3O2. The summed E-state index contributed by atoms with van der Waals surface area (Å²) >= 11 is 0. The number of carbonyl (C=O) groups is 1. The molecular weight excluding hydrogens is 242 g/mol. The summed E-state index contributed by atoms with van der Waals surface area (Å²) in [6.45, 7) is 2.03. The highest BCUT2D eigenvalue weighted by Gasteiger charge is 2.15. The number of nitrogen functional groups attached to an aromatic ring is 1. The van der Waals surface area contributed by atoms with Crippen molar-refractivity contribution in [3.63, 3.8) is 0 Å². The van der Waals surface area contributed by atoms with Gasteiger partial charge in [0, 0.05) is 5.69 Å². The summed E-state index contributed by atoms with van der Waals surface area (Å²) in [5.41, 5.74) is 8.08. The fourth-order valence-corrected chi connectivity index (χ4v) is 1.76. The molecule has 0 unspecified atom stereocenters. The molecule has 0 radical (unpaired) electrons. The zero-order chi connectivity index (χ0) is 13.8. The van der Waals surface area contributed by atoms with Crippen LogP contribution in [0.1, 0.15) is 22.8 Å². The number of ether oxygens (including phenoxy) is 1. The first-order chi connectivity index (χ1) is 9.15. The van der Waals surface area contributed by atoms with Gasteiger partial charge in [-0.05, 0) is 30.7 Å².